The second-order valence-corrected chi connectivity index (χ2v) is 4.25. The van der Waals surface area contributed by atoms with E-state index in [-0.39, 0.29) is 24.7 Å². The van der Waals surface area contributed by atoms with Gasteiger partial charge in [0, 0.05) is 6.42 Å². The molecule has 0 aliphatic rings. The molecule has 1 heterocycles. The van der Waals surface area contributed by atoms with Crippen LogP contribution < -0.4 is 0 Å². The average molecular weight is 284 g/mol. The van der Waals surface area contributed by atoms with Gasteiger partial charge in [-0.1, -0.05) is 11.2 Å². The summed E-state index contributed by atoms with van der Waals surface area (Å²) in [7, 11) is 0. The number of phenolic OH excluding ortho intramolecular Hbond substituents is 1. The summed E-state index contributed by atoms with van der Waals surface area (Å²) >= 11 is 0. The molecule has 0 amide bonds. The molecule has 0 radical (unpaired) electrons. The molecule has 0 spiro atoms. The Labute approximate surface area is 114 Å². The monoisotopic (exact) mass is 284 g/mol. The second kappa shape index (κ2) is 6.42. The molecule has 1 aromatic carbocycles. The molecule has 108 valence electrons. The lowest BCUT2D eigenvalue weighted by atomic mass is 10.1. The third-order valence-corrected chi connectivity index (χ3v) is 2.57. The molecule has 2 rings (SSSR count). The van der Waals surface area contributed by atoms with E-state index in [9.17, 15) is 13.9 Å². The number of alkyl halides is 2. The van der Waals surface area contributed by atoms with Crippen LogP contribution in [0.2, 0.25) is 0 Å². The third kappa shape index (κ3) is 3.74. The van der Waals surface area contributed by atoms with Crippen LogP contribution in [0.5, 0.6) is 5.75 Å². The highest BCUT2D eigenvalue weighted by Gasteiger charge is 2.13. The Balaban J connectivity index is 1.98. The van der Waals surface area contributed by atoms with Crippen LogP contribution in [0, 0.1) is 6.92 Å². The van der Waals surface area contributed by atoms with Gasteiger partial charge < -0.3 is 14.4 Å². The molecule has 0 aliphatic heterocycles. The van der Waals surface area contributed by atoms with Crippen LogP contribution in [0.15, 0.2) is 22.7 Å². The lowest BCUT2D eigenvalue weighted by molar-refractivity contribution is 0.0182. The van der Waals surface area contributed by atoms with E-state index in [1.165, 1.54) is 0 Å². The lowest BCUT2D eigenvalue weighted by Gasteiger charge is -2.00. The van der Waals surface area contributed by atoms with E-state index in [1.807, 2.05) is 13.0 Å². The fraction of sp³-hybridized carbons (Fsp3) is 0.385. The van der Waals surface area contributed by atoms with Gasteiger partial charge in [0.05, 0.1) is 12.2 Å². The van der Waals surface area contributed by atoms with Crippen molar-refractivity contribution in [3.05, 3.63) is 29.6 Å². The van der Waals surface area contributed by atoms with Gasteiger partial charge in [0.2, 0.25) is 0 Å². The molecule has 0 bridgehead atoms. The van der Waals surface area contributed by atoms with Gasteiger partial charge in [0.15, 0.2) is 5.82 Å². The van der Waals surface area contributed by atoms with E-state index in [2.05, 4.69) is 10.1 Å². The van der Waals surface area contributed by atoms with Crippen LogP contribution in [-0.2, 0) is 11.2 Å². The number of hydrogen-bond acceptors (Lipinski definition) is 5. The molecule has 5 nitrogen and oxygen atoms in total. The predicted molar refractivity (Wildman–Crippen MR) is 66.7 cm³/mol. The van der Waals surface area contributed by atoms with Crippen molar-refractivity contribution < 1.29 is 23.1 Å². The number of hydrogen-bond donors (Lipinski definition) is 1. The molecule has 0 atom stereocenters. The summed E-state index contributed by atoms with van der Waals surface area (Å²) in [6, 6.07) is 5.07. The molecule has 0 fully saturated rings. The number of phenols is 1. The number of ether oxygens (including phenoxy) is 1. The summed E-state index contributed by atoms with van der Waals surface area (Å²) in [5.41, 5.74) is 1.34. The second-order valence-electron chi connectivity index (χ2n) is 4.25. The van der Waals surface area contributed by atoms with Gasteiger partial charge in [-0.3, -0.25) is 0 Å². The molecule has 0 aliphatic carbocycles. The number of halogens is 2. The first kappa shape index (κ1) is 14.4. The van der Waals surface area contributed by atoms with E-state index in [1.54, 1.807) is 12.1 Å². The van der Waals surface area contributed by atoms with E-state index in [0.717, 1.165) is 5.56 Å². The first-order valence-corrected chi connectivity index (χ1v) is 6.04. The first-order chi connectivity index (χ1) is 9.56. The number of rotatable bonds is 6. The zero-order chi connectivity index (χ0) is 14.5. The number of aryl methyl sites for hydroxylation is 1. The fourth-order valence-electron chi connectivity index (χ4n) is 1.62. The van der Waals surface area contributed by atoms with Crippen LogP contribution in [0.25, 0.3) is 11.5 Å². The maximum absolute atomic E-state index is 11.9. The molecule has 1 aromatic heterocycles. The Hall–Kier alpha value is -2.02. The van der Waals surface area contributed by atoms with Crippen molar-refractivity contribution in [2.45, 2.75) is 19.8 Å². The summed E-state index contributed by atoms with van der Waals surface area (Å²) in [6.45, 7) is 1.33. The molecular formula is C13H14F2N2O3. The minimum atomic E-state index is -2.49. The van der Waals surface area contributed by atoms with Crippen molar-refractivity contribution in [3.63, 3.8) is 0 Å². The highest BCUT2D eigenvalue weighted by atomic mass is 19.3. The lowest BCUT2D eigenvalue weighted by Crippen LogP contribution is -2.07. The van der Waals surface area contributed by atoms with Crippen LogP contribution >= 0.6 is 0 Å². The van der Waals surface area contributed by atoms with E-state index in [0.29, 0.717) is 11.4 Å². The highest BCUT2D eigenvalue weighted by molar-refractivity contribution is 5.62. The fourth-order valence-corrected chi connectivity index (χ4v) is 1.62. The number of benzene rings is 1. The van der Waals surface area contributed by atoms with E-state index < -0.39 is 13.0 Å². The van der Waals surface area contributed by atoms with Gasteiger partial charge in [0.25, 0.3) is 12.3 Å². The van der Waals surface area contributed by atoms with Crippen molar-refractivity contribution >= 4 is 0 Å². The molecule has 2 aromatic rings. The number of nitrogens with zero attached hydrogens (tertiary/aromatic N) is 2. The molecule has 7 heteroatoms. The van der Waals surface area contributed by atoms with Crippen LogP contribution in [0.3, 0.4) is 0 Å². The Bertz CT molecular complexity index is 572. The van der Waals surface area contributed by atoms with Crippen LogP contribution in [0.1, 0.15) is 11.4 Å². The smallest absolute Gasteiger partial charge is 0.261 e. The molecular weight excluding hydrogens is 270 g/mol. The Kier molecular flexibility index (Phi) is 4.62. The molecule has 1 N–H and O–H groups in total. The Morgan fingerprint density at radius 1 is 1.40 bits per heavy atom. The van der Waals surface area contributed by atoms with Crippen molar-refractivity contribution in [3.8, 4) is 17.2 Å². The Morgan fingerprint density at radius 2 is 2.20 bits per heavy atom. The predicted octanol–water partition coefficient (Wildman–Crippen LogP) is 2.57. The van der Waals surface area contributed by atoms with Crippen LogP contribution in [0.4, 0.5) is 8.78 Å². The van der Waals surface area contributed by atoms with Gasteiger partial charge in [-0.05, 0) is 24.6 Å². The average Bonchev–Trinajstić information content (AvgIpc) is 2.83. The standard InChI is InChI=1S/C13H14F2N2O3/c1-8-2-3-9(10(18)6-8)13-16-12(17-20-13)4-5-19-7-11(14)15/h2-3,6,11,18H,4-5,7H2,1H3. The van der Waals surface area contributed by atoms with Crippen LogP contribution in [-0.4, -0.2) is 34.9 Å². The van der Waals surface area contributed by atoms with Gasteiger partial charge in [-0.25, -0.2) is 8.78 Å². The first-order valence-electron chi connectivity index (χ1n) is 6.04. The maximum Gasteiger partial charge on any atom is 0.261 e. The highest BCUT2D eigenvalue weighted by Crippen LogP contribution is 2.28. The zero-order valence-corrected chi connectivity index (χ0v) is 10.8. The van der Waals surface area contributed by atoms with Crippen molar-refractivity contribution in [1.82, 2.24) is 10.1 Å². The molecule has 0 saturated heterocycles. The van der Waals surface area contributed by atoms with E-state index >= 15 is 0 Å². The normalized spacial score (nSPS) is 11.2. The largest absolute Gasteiger partial charge is 0.507 e. The third-order valence-electron chi connectivity index (χ3n) is 2.57. The van der Waals surface area contributed by atoms with Crippen molar-refractivity contribution in [2.24, 2.45) is 0 Å². The molecule has 0 saturated carbocycles. The van der Waals surface area contributed by atoms with Gasteiger partial charge >= 0.3 is 0 Å². The molecule has 0 unspecified atom stereocenters. The SMILES string of the molecule is Cc1ccc(-c2nc(CCOCC(F)F)no2)c(O)c1. The van der Waals surface area contributed by atoms with Gasteiger partial charge in [-0.2, -0.15) is 4.98 Å². The zero-order valence-electron chi connectivity index (χ0n) is 10.8. The van der Waals surface area contributed by atoms with Gasteiger partial charge in [0.1, 0.15) is 12.4 Å². The topological polar surface area (TPSA) is 68.4 Å². The summed E-state index contributed by atoms with van der Waals surface area (Å²) < 4.78 is 33.5. The summed E-state index contributed by atoms with van der Waals surface area (Å²) in [5, 5.41) is 13.5. The number of aromatic hydroxyl groups is 1. The van der Waals surface area contributed by atoms with Crippen molar-refractivity contribution in [1.29, 1.82) is 0 Å². The number of aromatic nitrogens is 2. The minimum Gasteiger partial charge on any atom is -0.507 e. The maximum atomic E-state index is 11.9. The Morgan fingerprint density at radius 3 is 2.90 bits per heavy atom. The summed E-state index contributed by atoms with van der Waals surface area (Å²) in [4.78, 5) is 4.08. The quantitative estimate of drug-likeness (QED) is 0.826. The molecule has 20 heavy (non-hydrogen) atoms. The van der Waals surface area contributed by atoms with Gasteiger partial charge in [-0.15, -0.1) is 0 Å². The summed E-state index contributed by atoms with van der Waals surface area (Å²) in [5.74, 6) is 0.578. The summed E-state index contributed by atoms with van der Waals surface area (Å²) in [6.07, 6.45) is -2.22. The minimum absolute atomic E-state index is 0.0501. The van der Waals surface area contributed by atoms with Crippen molar-refractivity contribution in [2.75, 3.05) is 13.2 Å². The van der Waals surface area contributed by atoms with E-state index in [4.69, 9.17) is 9.26 Å².